The van der Waals surface area contributed by atoms with E-state index in [4.69, 9.17) is 0 Å². The van der Waals surface area contributed by atoms with E-state index < -0.39 is 0 Å². The van der Waals surface area contributed by atoms with Gasteiger partial charge in [0.2, 0.25) is 0 Å². The summed E-state index contributed by atoms with van der Waals surface area (Å²) in [6.07, 6.45) is 6.56. The predicted octanol–water partition coefficient (Wildman–Crippen LogP) is 3.01. The first kappa shape index (κ1) is 14.1. The monoisotopic (exact) mass is 235 g/mol. The average molecular weight is 235 g/mol. The molecule has 0 bridgehead atoms. The molecule has 1 aliphatic rings. The van der Waals surface area contributed by atoms with Crippen LogP contribution >= 0.6 is 0 Å². The summed E-state index contributed by atoms with van der Waals surface area (Å²) in [6.45, 7) is 11.7. The van der Waals surface area contributed by atoms with Crippen molar-refractivity contribution in [1.82, 2.24) is 14.9 Å². The molecule has 1 aromatic heterocycles. The molecule has 0 N–H and O–H groups in total. The summed E-state index contributed by atoms with van der Waals surface area (Å²) in [6, 6.07) is 0. The van der Waals surface area contributed by atoms with Crippen LogP contribution in [0, 0.1) is 6.92 Å². The van der Waals surface area contributed by atoms with E-state index in [1.807, 2.05) is 33.2 Å². The van der Waals surface area contributed by atoms with Gasteiger partial charge >= 0.3 is 0 Å². The van der Waals surface area contributed by atoms with Crippen LogP contribution in [-0.2, 0) is 0 Å². The SMILES string of the molecule is CC.CCN1CCC[C@H](c2cnc(C)nc2)C1. The molecular formula is C14H25N3. The Morgan fingerprint density at radius 1 is 1.29 bits per heavy atom. The Bertz CT molecular complexity index is 308. The maximum Gasteiger partial charge on any atom is 0.125 e. The second kappa shape index (κ2) is 7.38. The molecule has 1 fully saturated rings. The van der Waals surface area contributed by atoms with Crippen molar-refractivity contribution in [3.63, 3.8) is 0 Å². The number of hydrogen-bond acceptors (Lipinski definition) is 3. The molecule has 0 aromatic carbocycles. The summed E-state index contributed by atoms with van der Waals surface area (Å²) in [5.41, 5.74) is 1.30. The third-order valence-electron chi connectivity index (χ3n) is 3.23. The second-order valence-corrected chi connectivity index (χ2v) is 4.30. The zero-order valence-electron chi connectivity index (χ0n) is 11.6. The van der Waals surface area contributed by atoms with Gasteiger partial charge in [0.1, 0.15) is 5.82 Å². The fraction of sp³-hybridized carbons (Fsp3) is 0.714. The van der Waals surface area contributed by atoms with Gasteiger partial charge in [-0.2, -0.15) is 0 Å². The van der Waals surface area contributed by atoms with Gasteiger partial charge in [0.05, 0.1) is 0 Å². The molecule has 1 atom stereocenters. The Labute approximate surface area is 105 Å². The minimum Gasteiger partial charge on any atom is -0.303 e. The van der Waals surface area contributed by atoms with Gasteiger partial charge in [0.25, 0.3) is 0 Å². The number of rotatable bonds is 2. The van der Waals surface area contributed by atoms with E-state index in [1.54, 1.807) is 0 Å². The maximum atomic E-state index is 4.28. The topological polar surface area (TPSA) is 29.0 Å². The van der Waals surface area contributed by atoms with Crippen LogP contribution in [-0.4, -0.2) is 34.5 Å². The number of aromatic nitrogens is 2. The van der Waals surface area contributed by atoms with E-state index in [1.165, 1.54) is 31.5 Å². The van der Waals surface area contributed by atoms with Crippen LogP contribution in [0.1, 0.15) is 50.9 Å². The van der Waals surface area contributed by atoms with Gasteiger partial charge in [-0.25, -0.2) is 9.97 Å². The molecule has 0 unspecified atom stereocenters. The van der Waals surface area contributed by atoms with Crippen molar-refractivity contribution in [2.24, 2.45) is 0 Å². The lowest BCUT2D eigenvalue weighted by atomic mass is 9.92. The fourth-order valence-corrected chi connectivity index (χ4v) is 2.23. The van der Waals surface area contributed by atoms with Crippen molar-refractivity contribution in [1.29, 1.82) is 0 Å². The molecule has 3 nitrogen and oxygen atoms in total. The van der Waals surface area contributed by atoms with E-state index in [-0.39, 0.29) is 0 Å². The van der Waals surface area contributed by atoms with Crippen molar-refractivity contribution in [2.45, 2.75) is 46.5 Å². The lowest BCUT2D eigenvalue weighted by Gasteiger charge is -2.31. The molecular weight excluding hydrogens is 210 g/mol. The summed E-state index contributed by atoms with van der Waals surface area (Å²) >= 11 is 0. The third kappa shape index (κ3) is 4.08. The average Bonchev–Trinajstić information content (AvgIpc) is 2.42. The predicted molar refractivity (Wildman–Crippen MR) is 72.2 cm³/mol. The van der Waals surface area contributed by atoms with Gasteiger partial charge in [-0.05, 0) is 44.3 Å². The van der Waals surface area contributed by atoms with Crippen LogP contribution in [0.3, 0.4) is 0 Å². The Morgan fingerprint density at radius 3 is 2.53 bits per heavy atom. The molecule has 0 aliphatic carbocycles. The molecule has 0 spiro atoms. The number of piperidine rings is 1. The second-order valence-electron chi connectivity index (χ2n) is 4.30. The number of nitrogens with zero attached hydrogens (tertiary/aromatic N) is 3. The van der Waals surface area contributed by atoms with E-state index in [9.17, 15) is 0 Å². The maximum absolute atomic E-state index is 4.28. The van der Waals surface area contributed by atoms with Crippen LogP contribution in [0.25, 0.3) is 0 Å². The van der Waals surface area contributed by atoms with Crippen LogP contribution in [0.4, 0.5) is 0 Å². The van der Waals surface area contributed by atoms with Crippen LogP contribution in [0.5, 0.6) is 0 Å². The van der Waals surface area contributed by atoms with Gasteiger partial charge in [0.15, 0.2) is 0 Å². The first-order valence-corrected chi connectivity index (χ1v) is 6.80. The molecule has 17 heavy (non-hydrogen) atoms. The standard InChI is InChI=1S/C12H19N3.C2H6/c1-3-15-6-4-5-11(9-15)12-7-13-10(2)14-8-12;1-2/h7-8,11H,3-6,9H2,1-2H3;1-2H3/t11-;/m0./s1. The number of aryl methyl sites for hydroxylation is 1. The van der Waals surface area contributed by atoms with Crippen molar-refractivity contribution < 1.29 is 0 Å². The molecule has 0 radical (unpaired) electrons. The zero-order valence-corrected chi connectivity index (χ0v) is 11.6. The smallest absolute Gasteiger partial charge is 0.125 e. The highest BCUT2D eigenvalue weighted by atomic mass is 15.1. The van der Waals surface area contributed by atoms with Gasteiger partial charge in [0, 0.05) is 18.9 Å². The summed E-state index contributed by atoms with van der Waals surface area (Å²) < 4.78 is 0. The number of likely N-dealkylation sites (tertiary alicyclic amines) is 1. The summed E-state index contributed by atoms with van der Waals surface area (Å²) in [5, 5.41) is 0. The highest BCUT2D eigenvalue weighted by Crippen LogP contribution is 2.25. The van der Waals surface area contributed by atoms with Crippen molar-refractivity contribution in [3.8, 4) is 0 Å². The lowest BCUT2D eigenvalue weighted by Crippen LogP contribution is -2.34. The Balaban J connectivity index is 0.000000686. The summed E-state index contributed by atoms with van der Waals surface area (Å²) in [7, 11) is 0. The van der Waals surface area contributed by atoms with Gasteiger partial charge in [-0.1, -0.05) is 20.8 Å². The molecule has 1 aromatic rings. The number of likely N-dealkylation sites (N-methyl/N-ethyl adjacent to an activating group) is 1. The highest BCUT2D eigenvalue weighted by Gasteiger charge is 2.20. The molecule has 0 saturated carbocycles. The van der Waals surface area contributed by atoms with E-state index in [0.29, 0.717) is 5.92 Å². The zero-order chi connectivity index (χ0) is 12.7. The Morgan fingerprint density at radius 2 is 1.94 bits per heavy atom. The first-order chi connectivity index (χ1) is 8.29. The van der Waals surface area contributed by atoms with Gasteiger partial charge < -0.3 is 4.90 Å². The Hall–Kier alpha value is -0.960. The van der Waals surface area contributed by atoms with Crippen molar-refractivity contribution >= 4 is 0 Å². The van der Waals surface area contributed by atoms with Gasteiger partial charge in [-0.15, -0.1) is 0 Å². The van der Waals surface area contributed by atoms with Crippen molar-refractivity contribution in [2.75, 3.05) is 19.6 Å². The molecule has 0 amide bonds. The summed E-state index contributed by atoms with van der Waals surface area (Å²) in [4.78, 5) is 11.1. The highest BCUT2D eigenvalue weighted by molar-refractivity contribution is 5.13. The first-order valence-electron chi connectivity index (χ1n) is 6.80. The molecule has 2 heterocycles. The largest absolute Gasteiger partial charge is 0.303 e. The van der Waals surface area contributed by atoms with E-state index >= 15 is 0 Å². The quantitative estimate of drug-likeness (QED) is 0.789. The minimum atomic E-state index is 0.638. The molecule has 96 valence electrons. The van der Waals surface area contributed by atoms with Crippen LogP contribution in [0.15, 0.2) is 12.4 Å². The lowest BCUT2D eigenvalue weighted by molar-refractivity contribution is 0.217. The number of hydrogen-bond donors (Lipinski definition) is 0. The molecule has 1 aliphatic heterocycles. The van der Waals surface area contributed by atoms with Crippen molar-refractivity contribution in [3.05, 3.63) is 23.8 Å². The Kier molecular flexibility index (Phi) is 6.12. The summed E-state index contributed by atoms with van der Waals surface area (Å²) in [5.74, 6) is 1.50. The van der Waals surface area contributed by atoms with E-state index in [0.717, 1.165) is 12.4 Å². The van der Waals surface area contributed by atoms with Crippen LogP contribution < -0.4 is 0 Å². The normalized spacial score (nSPS) is 20.6. The fourth-order valence-electron chi connectivity index (χ4n) is 2.23. The molecule has 1 saturated heterocycles. The minimum absolute atomic E-state index is 0.638. The molecule has 2 rings (SSSR count). The third-order valence-corrected chi connectivity index (χ3v) is 3.23. The molecule has 3 heteroatoms. The van der Waals surface area contributed by atoms with E-state index in [2.05, 4.69) is 21.8 Å². The van der Waals surface area contributed by atoms with Gasteiger partial charge in [-0.3, -0.25) is 0 Å². The van der Waals surface area contributed by atoms with Crippen LogP contribution in [0.2, 0.25) is 0 Å².